The number of non-ortho nitro benzene ring substituents is 1. The van der Waals surface area contributed by atoms with Crippen LogP contribution in [0.5, 0.6) is 0 Å². The number of benzene rings is 2. The first-order valence-corrected chi connectivity index (χ1v) is 6.41. The van der Waals surface area contributed by atoms with Gasteiger partial charge >= 0.3 is 0 Å². The molecule has 1 aromatic heterocycles. The highest BCUT2D eigenvalue weighted by molar-refractivity contribution is 6.33. The van der Waals surface area contributed by atoms with Crippen molar-refractivity contribution in [3.05, 3.63) is 73.9 Å². The van der Waals surface area contributed by atoms with Gasteiger partial charge in [-0.15, -0.1) is 0 Å². The molecule has 2 aromatic carbocycles. The molecule has 0 amide bonds. The van der Waals surface area contributed by atoms with Crippen LogP contribution in [0.15, 0.2) is 57.7 Å². The maximum absolute atomic E-state index is 12.1. The first kappa shape index (κ1) is 13.3. The Morgan fingerprint density at radius 2 is 1.86 bits per heavy atom. The van der Waals surface area contributed by atoms with E-state index in [9.17, 15) is 14.9 Å². The molecule has 3 rings (SSSR count). The molecule has 6 heteroatoms. The Bertz CT molecular complexity index is 917. The number of halogens is 1. The van der Waals surface area contributed by atoms with Gasteiger partial charge in [0.1, 0.15) is 11.3 Å². The van der Waals surface area contributed by atoms with Crippen LogP contribution in [0.3, 0.4) is 0 Å². The van der Waals surface area contributed by atoms with Gasteiger partial charge in [0, 0.05) is 23.8 Å². The van der Waals surface area contributed by atoms with Crippen LogP contribution in [0.25, 0.3) is 22.3 Å². The van der Waals surface area contributed by atoms with Crippen molar-refractivity contribution >= 4 is 28.3 Å². The number of nitro benzene ring substituents is 1. The molecule has 0 aliphatic heterocycles. The summed E-state index contributed by atoms with van der Waals surface area (Å²) >= 11 is 6.05. The van der Waals surface area contributed by atoms with Gasteiger partial charge in [0.05, 0.1) is 15.3 Å². The summed E-state index contributed by atoms with van der Waals surface area (Å²) in [5.74, 6) is 0.201. The second-order valence-corrected chi connectivity index (χ2v) is 4.80. The zero-order chi connectivity index (χ0) is 15.0. The van der Waals surface area contributed by atoms with E-state index in [1.807, 2.05) is 0 Å². The highest BCUT2D eigenvalue weighted by Crippen LogP contribution is 2.32. The van der Waals surface area contributed by atoms with Crippen molar-refractivity contribution in [2.45, 2.75) is 0 Å². The summed E-state index contributed by atoms with van der Waals surface area (Å²) in [6, 6.07) is 12.1. The summed E-state index contributed by atoms with van der Waals surface area (Å²) < 4.78 is 5.64. The van der Waals surface area contributed by atoms with Crippen molar-refractivity contribution in [2.75, 3.05) is 0 Å². The van der Waals surface area contributed by atoms with Crippen molar-refractivity contribution in [1.29, 1.82) is 0 Å². The molecular weight excluding hydrogens is 294 g/mol. The molecule has 0 spiro atoms. The predicted octanol–water partition coefficient (Wildman–Crippen LogP) is 4.02. The second-order valence-electron chi connectivity index (χ2n) is 4.39. The predicted molar refractivity (Wildman–Crippen MR) is 79.6 cm³/mol. The van der Waals surface area contributed by atoms with Crippen LogP contribution in [0.2, 0.25) is 5.02 Å². The SMILES string of the molecule is O=c1cc(-c2cc([N+](=O)[O-])ccc2Cl)oc2ccccc12. The van der Waals surface area contributed by atoms with Gasteiger partial charge in [0.25, 0.3) is 5.69 Å². The van der Waals surface area contributed by atoms with E-state index in [0.717, 1.165) is 0 Å². The fourth-order valence-electron chi connectivity index (χ4n) is 2.05. The fourth-order valence-corrected chi connectivity index (χ4v) is 2.26. The quantitative estimate of drug-likeness (QED) is 0.529. The highest BCUT2D eigenvalue weighted by atomic mass is 35.5. The molecule has 3 aromatic rings. The van der Waals surface area contributed by atoms with Gasteiger partial charge in [-0.05, 0) is 18.2 Å². The first-order chi connectivity index (χ1) is 10.1. The number of nitro groups is 1. The standard InChI is InChI=1S/C15H8ClNO4/c16-12-6-5-9(17(19)20)7-11(12)15-8-13(18)10-3-1-2-4-14(10)21-15/h1-8H. The Kier molecular flexibility index (Phi) is 3.19. The van der Waals surface area contributed by atoms with Crippen molar-refractivity contribution in [1.82, 2.24) is 0 Å². The largest absolute Gasteiger partial charge is 0.456 e. The number of para-hydroxylation sites is 1. The van der Waals surface area contributed by atoms with E-state index >= 15 is 0 Å². The van der Waals surface area contributed by atoms with Crippen LogP contribution >= 0.6 is 11.6 Å². The Morgan fingerprint density at radius 3 is 2.62 bits per heavy atom. The second kappa shape index (κ2) is 5.03. The minimum Gasteiger partial charge on any atom is -0.456 e. The zero-order valence-corrected chi connectivity index (χ0v) is 11.3. The number of hydrogen-bond donors (Lipinski definition) is 0. The summed E-state index contributed by atoms with van der Waals surface area (Å²) in [5.41, 5.74) is 0.371. The van der Waals surface area contributed by atoms with Gasteiger partial charge in [-0.2, -0.15) is 0 Å². The molecule has 1 heterocycles. The lowest BCUT2D eigenvalue weighted by Gasteiger charge is -2.05. The lowest BCUT2D eigenvalue weighted by Crippen LogP contribution is -2.00. The van der Waals surface area contributed by atoms with Gasteiger partial charge in [0.2, 0.25) is 0 Å². The third kappa shape index (κ3) is 2.39. The first-order valence-electron chi connectivity index (χ1n) is 6.03. The normalized spacial score (nSPS) is 10.7. The highest BCUT2D eigenvalue weighted by Gasteiger charge is 2.14. The van der Waals surface area contributed by atoms with Crippen LogP contribution in [-0.4, -0.2) is 4.92 Å². The van der Waals surface area contributed by atoms with E-state index in [0.29, 0.717) is 16.5 Å². The maximum Gasteiger partial charge on any atom is 0.270 e. The topological polar surface area (TPSA) is 73.3 Å². The maximum atomic E-state index is 12.1. The molecule has 0 unspecified atom stereocenters. The third-order valence-corrected chi connectivity index (χ3v) is 3.39. The van der Waals surface area contributed by atoms with Crippen LogP contribution in [0.1, 0.15) is 0 Å². The molecule has 21 heavy (non-hydrogen) atoms. The Labute approximate surface area is 123 Å². The van der Waals surface area contributed by atoms with Crippen molar-refractivity contribution in [2.24, 2.45) is 0 Å². The molecular formula is C15H8ClNO4. The van der Waals surface area contributed by atoms with E-state index in [4.69, 9.17) is 16.0 Å². The van der Waals surface area contributed by atoms with E-state index < -0.39 is 4.92 Å². The molecule has 0 fully saturated rings. The van der Waals surface area contributed by atoms with Crippen molar-refractivity contribution < 1.29 is 9.34 Å². The fraction of sp³-hybridized carbons (Fsp3) is 0. The zero-order valence-electron chi connectivity index (χ0n) is 10.6. The van der Waals surface area contributed by atoms with Gasteiger partial charge in [-0.25, -0.2) is 0 Å². The Balaban J connectivity index is 2.28. The van der Waals surface area contributed by atoms with E-state index in [-0.39, 0.29) is 21.9 Å². The van der Waals surface area contributed by atoms with Crippen LogP contribution in [0, 0.1) is 10.1 Å². The average Bonchev–Trinajstić information content (AvgIpc) is 2.47. The lowest BCUT2D eigenvalue weighted by atomic mass is 10.1. The monoisotopic (exact) mass is 301 g/mol. The van der Waals surface area contributed by atoms with Crippen LogP contribution in [-0.2, 0) is 0 Å². The molecule has 0 atom stereocenters. The Hall–Kier alpha value is -2.66. The minimum absolute atomic E-state index is 0.120. The minimum atomic E-state index is -0.529. The molecule has 0 radical (unpaired) electrons. The van der Waals surface area contributed by atoms with Crippen molar-refractivity contribution in [3.63, 3.8) is 0 Å². The van der Waals surface area contributed by atoms with E-state index in [1.165, 1.54) is 24.3 Å². The molecule has 104 valence electrons. The third-order valence-electron chi connectivity index (χ3n) is 3.06. The van der Waals surface area contributed by atoms with Crippen molar-refractivity contribution in [3.8, 4) is 11.3 Å². The summed E-state index contributed by atoms with van der Waals surface area (Å²) in [5, 5.41) is 11.6. The molecule has 0 bridgehead atoms. The number of hydrogen-bond acceptors (Lipinski definition) is 4. The smallest absolute Gasteiger partial charge is 0.270 e. The molecule has 0 N–H and O–H groups in total. The number of fused-ring (bicyclic) bond motifs is 1. The molecule has 0 saturated heterocycles. The molecule has 5 nitrogen and oxygen atoms in total. The van der Waals surface area contributed by atoms with E-state index in [1.54, 1.807) is 24.3 Å². The van der Waals surface area contributed by atoms with Gasteiger partial charge in [-0.3, -0.25) is 14.9 Å². The lowest BCUT2D eigenvalue weighted by molar-refractivity contribution is -0.384. The molecule has 0 aliphatic rings. The summed E-state index contributed by atoms with van der Waals surface area (Å²) in [6.45, 7) is 0. The van der Waals surface area contributed by atoms with E-state index in [2.05, 4.69) is 0 Å². The molecule has 0 saturated carbocycles. The summed E-state index contributed by atoms with van der Waals surface area (Å²) in [4.78, 5) is 22.4. The number of nitrogens with zero attached hydrogens (tertiary/aromatic N) is 1. The summed E-state index contributed by atoms with van der Waals surface area (Å²) in [7, 11) is 0. The Morgan fingerprint density at radius 1 is 1.10 bits per heavy atom. The van der Waals surface area contributed by atoms with Crippen LogP contribution < -0.4 is 5.43 Å². The summed E-state index contributed by atoms with van der Waals surface area (Å²) in [6.07, 6.45) is 0. The van der Waals surface area contributed by atoms with Gasteiger partial charge in [0.15, 0.2) is 5.43 Å². The van der Waals surface area contributed by atoms with Crippen LogP contribution in [0.4, 0.5) is 5.69 Å². The van der Waals surface area contributed by atoms with Gasteiger partial charge in [-0.1, -0.05) is 23.7 Å². The average molecular weight is 302 g/mol. The molecule has 0 aliphatic carbocycles. The van der Waals surface area contributed by atoms with Gasteiger partial charge < -0.3 is 4.42 Å². The number of rotatable bonds is 2.